The molecule has 6 nitrogen and oxygen atoms in total. The summed E-state index contributed by atoms with van der Waals surface area (Å²) in [6.45, 7) is 4.35. The van der Waals surface area contributed by atoms with E-state index >= 15 is 0 Å². The van der Waals surface area contributed by atoms with Gasteiger partial charge in [0, 0.05) is 33.1 Å². The van der Waals surface area contributed by atoms with Crippen LogP contribution in [0.4, 0.5) is 0 Å². The Balaban J connectivity index is 2.23. The molecule has 1 aliphatic rings. The second-order valence-electron chi connectivity index (χ2n) is 4.37. The molecule has 0 fully saturated rings. The van der Waals surface area contributed by atoms with Gasteiger partial charge in [-0.25, -0.2) is 0 Å². The molecule has 0 aromatic rings. The van der Waals surface area contributed by atoms with E-state index in [1.165, 1.54) is 0 Å². The molecule has 1 rings (SSSR count). The topological polar surface area (TPSA) is 51.2 Å². The largest absolute Gasteiger partial charge is 0.422 e. The summed E-state index contributed by atoms with van der Waals surface area (Å²) in [6.07, 6.45) is 4.78. The van der Waals surface area contributed by atoms with Crippen molar-refractivity contribution in [3.63, 3.8) is 0 Å². The normalized spacial score (nSPS) is 18.2. The van der Waals surface area contributed by atoms with Crippen LogP contribution in [0.2, 0.25) is 0 Å². The second kappa shape index (κ2) is 8.77. The molecule has 0 aromatic heterocycles. The first kappa shape index (κ1) is 15.8. The summed E-state index contributed by atoms with van der Waals surface area (Å²) in [5.41, 5.74) is 0. The third-order valence-corrected chi connectivity index (χ3v) is 2.73. The maximum absolute atomic E-state index is 11.7. The molecule has 0 spiro atoms. The maximum atomic E-state index is 11.7. The number of rotatable bonds is 9. The van der Waals surface area contributed by atoms with Gasteiger partial charge in [-0.3, -0.25) is 4.79 Å². The van der Waals surface area contributed by atoms with Crippen molar-refractivity contribution in [2.45, 2.75) is 26.1 Å². The molecule has 19 heavy (non-hydrogen) atoms. The van der Waals surface area contributed by atoms with Gasteiger partial charge in [-0.1, -0.05) is 6.92 Å². The number of esters is 1. The number of hydrogen-bond donors (Lipinski definition) is 0. The number of carbonyl (C=O) groups excluding carboxylic acids is 1. The molecule has 0 saturated carbocycles. The lowest BCUT2D eigenvalue weighted by Crippen LogP contribution is -2.40. The van der Waals surface area contributed by atoms with Crippen LogP contribution in [0.15, 0.2) is 12.4 Å². The van der Waals surface area contributed by atoms with Crippen molar-refractivity contribution in [1.29, 1.82) is 0 Å². The quantitative estimate of drug-likeness (QED) is 0.461. The Morgan fingerprint density at radius 3 is 2.74 bits per heavy atom. The van der Waals surface area contributed by atoms with E-state index in [-0.39, 0.29) is 18.7 Å². The molecule has 6 heteroatoms. The molecule has 0 N–H and O–H groups in total. The lowest BCUT2D eigenvalue weighted by atomic mass is 10.4. The second-order valence-corrected chi connectivity index (χ2v) is 4.37. The van der Waals surface area contributed by atoms with Gasteiger partial charge in [-0.05, 0) is 6.42 Å². The number of methoxy groups -OCH3 is 1. The minimum atomic E-state index is -0.327. The molecule has 110 valence electrons. The van der Waals surface area contributed by atoms with E-state index in [9.17, 15) is 4.79 Å². The van der Waals surface area contributed by atoms with Crippen LogP contribution in [-0.4, -0.2) is 62.6 Å². The highest BCUT2D eigenvalue weighted by molar-refractivity contribution is 5.69. The lowest BCUT2D eigenvalue weighted by molar-refractivity contribution is -0.168. The average molecular weight is 272 g/mol. The van der Waals surface area contributed by atoms with Crippen LogP contribution in [0, 0.1) is 0 Å². The van der Waals surface area contributed by atoms with Crippen molar-refractivity contribution in [2.24, 2.45) is 0 Å². The number of hydrogen-bond acceptors (Lipinski definition) is 6. The summed E-state index contributed by atoms with van der Waals surface area (Å²) < 4.78 is 15.5. The lowest BCUT2D eigenvalue weighted by Gasteiger charge is -2.29. The molecule has 1 heterocycles. The third kappa shape index (κ3) is 5.48. The van der Waals surface area contributed by atoms with Crippen molar-refractivity contribution in [2.75, 3.05) is 40.5 Å². The highest BCUT2D eigenvalue weighted by Crippen LogP contribution is 2.15. The Labute approximate surface area is 114 Å². The zero-order chi connectivity index (χ0) is 14.1. The summed E-state index contributed by atoms with van der Waals surface area (Å²) >= 11 is 0. The highest BCUT2D eigenvalue weighted by atomic mass is 16.6. The molecular weight excluding hydrogens is 248 g/mol. The standard InChI is InChI=1S/C13H24N2O4/c1-4-6-15-8-7-14(2)13(15)19-12(16)5-9-18-11-10-17-3/h7-8,13H,4-6,9-11H2,1-3H3. The first-order valence-electron chi connectivity index (χ1n) is 6.61. The Bertz CT molecular complexity index is 296. The first-order chi connectivity index (χ1) is 9.19. The van der Waals surface area contributed by atoms with E-state index < -0.39 is 0 Å². The Kier molecular flexibility index (Phi) is 7.28. The van der Waals surface area contributed by atoms with Crippen molar-refractivity contribution < 1.29 is 19.0 Å². The summed E-state index contributed by atoms with van der Waals surface area (Å²) in [5, 5.41) is 0. The van der Waals surface area contributed by atoms with Gasteiger partial charge in [0.05, 0.1) is 26.2 Å². The van der Waals surface area contributed by atoms with Gasteiger partial charge in [0.25, 0.3) is 6.35 Å². The van der Waals surface area contributed by atoms with Crippen molar-refractivity contribution in [3.05, 3.63) is 12.4 Å². The summed E-state index contributed by atoms with van der Waals surface area (Å²) in [4.78, 5) is 15.6. The fourth-order valence-corrected chi connectivity index (χ4v) is 1.74. The minimum Gasteiger partial charge on any atom is -0.422 e. The summed E-state index contributed by atoms with van der Waals surface area (Å²) in [5.74, 6) is -0.251. The zero-order valence-corrected chi connectivity index (χ0v) is 12.0. The number of carbonyl (C=O) groups is 1. The van der Waals surface area contributed by atoms with Crippen LogP contribution in [0.5, 0.6) is 0 Å². The van der Waals surface area contributed by atoms with Crippen LogP contribution < -0.4 is 0 Å². The zero-order valence-electron chi connectivity index (χ0n) is 12.0. The van der Waals surface area contributed by atoms with E-state index in [1.807, 2.05) is 29.2 Å². The molecule has 0 radical (unpaired) electrons. The summed E-state index contributed by atoms with van der Waals surface area (Å²) in [7, 11) is 3.50. The predicted octanol–water partition coefficient (Wildman–Crippen LogP) is 0.995. The molecule has 0 aromatic carbocycles. The molecule has 0 saturated heterocycles. The molecule has 0 aliphatic carbocycles. The van der Waals surface area contributed by atoms with Crippen LogP contribution >= 0.6 is 0 Å². The molecule has 0 amide bonds. The predicted molar refractivity (Wildman–Crippen MR) is 71.1 cm³/mol. The van der Waals surface area contributed by atoms with Crippen molar-refractivity contribution >= 4 is 5.97 Å². The maximum Gasteiger partial charge on any atom is 0.311 e. The Hall–Kier alpha value is -1.27. The Morgan fingerprint density at radius 2 is 2.05 bits per heavy atom. The fraction of sp³-hybridized carbons (Fsp3) is 0.769. The van der Waals surface area contributed by atoms with E-state index in [2.05, 4.69) is 6.92 Å². The smallest absolute Gasteiger partial charge is 0.311 e. The van der Waals surface area contributed by atoms with E-state index in [0.717, 1.165) is 13.0 Å². The van der Waals surface area contributed by atoms with Gasteiger partial charge in [-0.2, -0.15) is 0 Å². The molecule has 0 bridgehead atoms. The van der Waals surface area contributed by atoms with Crippen LogP contribution in [0.1, 0.15) is 19.8 Å². The van der Waals surface area contributed by atoms with Crippen molar-refractivity contribution in [1.82, 2.24) is 9.80 Å². The third-order valence-electron chi connectivity index (χ3n) is 2.73. The highest BCUT2D eigenvalue weighted by Gasteiger charge is 2.26. The molecule has 1 atom stereocenters. The fourth-order valence-electron chi connectivity index (χ4n) is 1.74. The van der Waals surface area contributed by atoms with Gasteiger partial charge in [-0.15, -0.1) is 0 Å². The summed E-state index contributed by atoms with van der Waals surface area (Å²) in [6, 6.07) is 0. The van der Waals surface area contributed by atoms with Crippen LogP contribution in [-0.2, 0) is 19.0 Å². The molecule has 1 unspecified atom stereocenters. The van der Waals surface area contributed by atoms with Gasteiger partial charge in [0.15, 0.2) is 0 Å². The average Bonchev–Trinajstić information content (AvgIpc) is 2.72. The molecular formula is C13H24N2O4. The van der Waals surface area contributed by atoms with Gasteiger partial charge in [0.1, 0.15) is 0 Å². The first-order valence-corrected chi connectivity index (χ1v) is 6.61. The monoisotopic (exact) mass is 272 g/mol. The van der Waals surface area contributed by atoms with Crippen LogP contribution in [0.3, 0.4) is 0 Å². The van der Waals surface area contributed by atoms with Gasteiger partial charge < -0.3 is 24.0 Å². The van der Waals surface area contributed by atoms with Gasteiger partial charge >= 0.3 is 5.97 Å². The van der Waals surface area contributed by atoms with Crippen LogP contribution in [0.25, 0.3) is 0 Å². The Morgan fingerprint density at radius 1 is 1.26 bits per heavy atom. The number of nitrogens with zero attached hydrogens (tertiary/aromatic N) is 2. The SMILES string of the molecule is CCCN1C=CN(C)C1OC(=O)CCOCCOC. The van der Waals surface area contributed by atoms with Crippen molar-refractivity contribution in [3.8, 4) is 0 Å². The van der Waals surface area contributed by atoms with E-state index in [4.69, 9.17) is 14.2 Å². The minimum absolute atomic E-state index is 0.251. The number of ether oxygens (including phenoxy) is 3. The van der Waals surface area contributed by atoms with E-state index in [1.54, 1.807) is 7.11 Å². The van der Waals surface area contributed by atoms with E-state index in [0.29, 0.717) is 19.8 Å². The van der Waals surface area contributed by atoms with Gasteiger partial charge in [0.2, 0.25) is 0 Å². The molecule has 1 aliphatic heterocycles.